The maximum Gasteiger partial charge on any atom is 0.338 e. The molecular weight excluding hydrogens is 460 g/mol. The van der Waals surface area contributed by atoms with Crippen molar-refractivity contribution in [2.24, 2.45) is 0 Å². The van der Waals surface area contributed by atoms with Crippen molar-refractivity contribution >= 4 is 43.5 Å². The van der Waals surface area contributed by atoms with E-state index in [1.807, 2.05) is 6.07 Å². The summed E-state index contributed by atoms with van der Waals surface area (Å²) in [5.41, 5.74) is 1.50. The van der Waals surface area contributed by atoms with E-state index in [4.69, 9.17) is 4.74 Å². The van der Waals surface area contributed by atoms with Crippen molar-refractivity contribution in [2.45, 2.75) is 31.2 Å². The molecular formula is C20H21BrN2O5S. The third-order valence-electron chi connectivity index (χ3n) is 4.46. The molecule has 0 aliphatic carbocycles. The SMILES string of the molecule is CCOC(=O)c1ccc(S(=O)(=O)Nc2cccc(CN3CCCC3=O)c2)c(Br)c1. The number of benzene rings is 2. The molecule has 1 amide bonds. The van der Waals surface area contributed by atoms with Gasteiger partial charge in [0, 0.05) is 29.7 Å². The maximum atomic E-state index is 12.8. The van der Waals surface area contributed by atoms with Crippen molar-refractivity contribution in [2.75, 3.05) is 17.9 Å². The number of sulfonamides is 1. The molecule has 0 aromatic heterocycles. The van der Waals surface area contributed by atoms with Gasteiger partial charge in [-0.1, -0.05) is 12.1 Å². The number of anilines is 1. The first-order chi connectivity index (χ1) is 13.8. The van der Waals surface area contributed by atoms with Crippen LogP contribution in [0.2, 0.25) is 0 Å². The number of carbonyl (C=O) groups is 2. The highest BCUT2D eigenvalue weighted by Gasteiger charge is 2.22. The van der Waals surface area contributed by atoms with Crippen molar-refractivity contribution < 1.29 is 22.7 Å². The lowest BCUT2D eigenvalue weighted by Crippen LogP contribution is -2.23. The zero-order valence-electron chi connectivity index (χ0n) is 15.9. The van der Waals surface area contributed by atoms with E-state index in [-0.39, 0.29) is 27.4 Å². The zero-order chi connectivity index (χ0) is 21.0. The van der Waals surface area contributed by atoms with Gasteiger partial charge in [-0.15, -0.1) is 0 Å². The van der Waals surface area contributed by atoms with Crippen LogP contribution < -0.4 is 4.72 Å². The molecule has 0 unspecified atom stereocenters. The van der Waals surface area contributed by atoms with Gasteiger partial charge >= 0.3 is 5.97 Å². The second kappa shape index (κ2) is 8.96. The fourth-order valence-corrected chi connectivity index (χ4v) is 5.22. The number of hydrogen-bond acceptors (Lipinski definition) is 5. The summed E-state index contributed by atoms with van der Waals surface area (Å²) in [4.78, 5) is 25.4. The molecule has 1 aliphatic heterocycles. The first-order valence-electron chi connectivity index (χ1n) is 9.16. The molecule has 3 rings (SSSR count). The lowest BCUT2D eigenvalue weighted by atomic mass is 10.2. The molecule has 9 heteroatoms. The molecule has 0 radical (unpaired) electrons. The quantitative estimate of drug-likeness (QED) is 0.611. The van der Waals surface area contributed by atoms with E-state index >= 15 is 0 Å². The van der Waals surface area contributed by atoms with Crippen LogP contribution in [0.5, 0.6) is 0 Å². The van der Waals surface area contributed by atoms with Gasteiger partial charge in [0.2, 0.25) is 5.91 Å². The lowest BCUT2D eigenvalue weighted by Gasteiger charge is -2.16. The molecule has 2 aromatic carbocycles. The van der Waals surface area contributed by atoms with Crippen LogP contribution in [-0.2, 0) is 26.1 Å². The van der Waals surface area contributed by atoms with Crippen LogP contribution in [0, 0.1) is 0 Å². The molecule has 29 heavy (non-hydrogen) atoms. The number of hydrogen-bond donors (Lipinski definition) is 1. The molecule has 0 atom stereocenters. The van der Waals surface area contributed by atoms with Crippen molar-refractivity contribution in [1.82, 2.24) is 4.90 Å². The minimum absolute atomic E-state index is 0.00525. The number of esters is 1. The molecule has 0 bridgehead atoms. The van der Waals surface area contributed by atoms with E-state index in [9.17, 15) is 18.0 Å². The van der Waals surface area contributed by atoms with Crippen molar-refractivity contribution in [3.05, 3.63) is 58.1 Å². The summed E-state index contributed by atoms with van der Waals surface area (Å²) < 4.78 is 33.4. The number of rotatable bonds is 7. The summed E-state index contributed by atoms with van der Waals surface area (Å²) in [7, 11) is -3.88. The summed E-state index contributed by atoms with van der Waals surface area (Å²) in [5.74, 6) is -0.407. The summed E-state index contributed by atoms with van der Waals surface area (Å²) in [6, 6.07) is 11.1. The normalized spacial score (nSPS) is 14.1. The number of carbonyl (C=O) groups excluding carboxylic acids is 2. The van der Waals surface area contributed by atoms with Gasteiger partial charge in [-0.2, -0.15) is 0 Å². The fourth-order valence-electron chi connectivity index (χ4n) is 3.10. The second-order valence-corrected chi connectivity index (χ2v) is 9.10. The summed E-state index contributed by atoms with van der Waals surface area (Å²) >= 11 is 3.22. The second-order valence-electron chi connectivity index (χ2n) is 6.59. The number of nitrogens with one attached hydrogen (secondary N) is 1. The third kappa shape index (κ3) is 5.16. The van der Waals surface area contributed by atoms with E-state index in [2.05, 4.69) is 20.7 Å². The lowest BCUT2D eigenvalue weighted by molar-refractivity contribution is -0.128. The van der Waals surface area contributed by atoms with Gasteiger partial charge in [-0.3, -0.25) is 9.52 Å². The monoisotopic (exact) mass is 480 g/mol. The van der Waals surface area contributed by atoms with Crippen LogP contribution in [0.3, 0.4) is 0 Å². The molecule has 0 spiro atoms. The van der Waals surface area contributed by atoms with Crippen LogP contribution >= 0.6 is 15.9 Å². The van der Waals surface area contributed by atoms with Crippen LogP contribution in [0.25, 0.3) is 0 Å². The Morgan fingerprint density at radius 2 is 2.03 bits per heavy atom. The van der Waals surface area contributed by atoms with Crippen molar-refractivity contribution in [1.29, 1.82) is 0 Å². The third-order valence-corrected chi connectivity index (χ3v) is 6.81. The Kier molecular flexibility index (Phi) is 6.59. The largest absolute Gasteiger partial charge is 0.462 e. The average Bonchev–Trinajstić information content (AvgIpc) is 3.06. The van der Waals surface area contributed by atoms with Crippen LogP contribution in [0.1, 0.15) is 35.7 Å². The molecule has 1 heterocycles. The van der Waals surface area contributed by atoms with Gasteiger partial charge in [0.15, 0.2) is 0 Å². The maximum absolute atomic E-state index is 12.8. The molecule has 0 saturated carbocycles. The summed E-state index contributed by atoms with van der Waals surface area (Å²) in [6.07, 6.45) is 1.41. The summed E-state index contributed by atoms with van der Waals surface area (Å²) in [5, 5.41) is 0. The van der Waals surface area contributed by atoms with Crippen LogP contribution in [0.4, 0.5) is 5.69 Å². The molecule has 1 fully saturated rings. The number of halogens is 1. The smallest absolute Gasteiger partial charge is 0.338 e. The van der Waals surface area contributed by atoms with Crippen LogP contribution in [-0.4, -0.2) is 38.3 Å². The molecule has 1 saturated heterocycles. The fraction of sp³-hybridized carbons (Fsp3) is 0.300. The van der Waals surface area contributed by atoms with E-state index in [0.29, 0.717) is 25.2 Å². The van der Waals surface area contributed by atoms with Gasteiger partial charge < -0.3 is 9.64 Å². The van der Waals surface area contributed by atoms with E-state index in [0.717, 1.165) is 12.0 Å². The highest BCUT2D eigenvalue weighted by atomic mass is 79.9. The average molecular weight is 481 g/mol. The molecule has 2 aromatic rings. The Morgan fingerprint density at radius 3 is 2.69 bits per heavy atom. The zero-order valence-corrected chi connectivity index (χ0v) is 18.3. The minimum atomic E-state index is -3.88. The van der Waals surface area contributed by atoms with E-state index < -0.39 is 16.0 Å². The molecule has 154 valence electrons. The van der Waals surface area contributed by atoms with E-state index in [1.54, 1.807) is 30.0 Å². The van der Waals surface area contributed by atoms with E-state index in [1.165, 1.54) is 18.2 Å². The summed E-state index contributed by atoms with van der Waals surface area (Å²) in [6.45, 7) is 3.10. The topological polar surface area (TPSA) is 92.8 Å². The highest BCUT2D eigenvalue weighted by Crippen LogP contribution is 2.26. The standard InChI is InChI=1S/C20H21BrN2O5S/c1-2-28-20(25)15-8-9-18(17(21)12-15)29(26,27)22-16-6-3-5-14(11-16)13-23-10-4-7-19(23)24/h3,5-6,8-9,11-12,22H,2,4,7,10,13H2,1H3. The Balaban J connectivity index is 1.78. The first kappa shape index (κ1) is 21.3. The Morgan fingerprint density at radius 1 is 1.24 bits per heavy atom. The Hall–Kier alpha value is -2.39. The van der Waals surface area contributed by atoms with Crippen LogP contribution in [0.15, 0.2) is 51.8 Å². The van der Waals surface area contributed by atoms with Crippen molar-refractivity contribution in [3.63, 3.8) is 0 Å². The van der Waals surface area contributed by atoms with Gasteiger partial charge in [0.1, 0.15) is 4.90 Å². The highest BCUT2D eigenvalue weighted by molar-refractivity contribution is 9.10. The van der Waals surface area contributed by atoms with Gasteiger partial charge in [0.05, 0.1) is 12.2 Å². The molecule has 7 nitrogen and oxygen atoms in total. The van der Waals surface area contributed by atoms with Gasteiger partial charge in [-0.25, -0.2) is 13.2 Å². The number of ether oxygens (including phenoxy) is 1. The first-order valence-corrected chi connectivity index (χ1v) is 11.4. The van der Waals surface area contributed by atoms with Gasteiger partial charge in [-0.05, 0) is 65.2 Å². The minimum Gasteiger partial charge on any atom is -0.462 e. The number of amides is 1. The Labute approximate surface area is 178 Å². The predicted octanol–water partition coefficient (Wildman–Crippen LogP) is 3.55. The predicted molar refractivity (Wildman–Crippen MR) is 112 cm³/mol. The number of likely N-dealkylation sites (tertiary alicyclic amines) is 1. The Bertz CT molecular complexity index is 1040. The number of nitrogens with zero attached hydrogens (tertiary/aromatic N) is 1. The van der Waals surface area contributed by atoms with Crippen molar-refractivity contribution in [3.8, 4) is 0 Å². The molecule has 1 aliphatic rings. The molecule has 1 N–H and O–H groups in total. The van der Waals surface area contributed by atoms with Gasteiger partial charge in [0.25, 0.3) is 10.0 Å².